The predicted octanol–water partition coefficient (Wildman–Crippen LogP) is 4.08. The zero-order valence-corrected chi connectivity index (χ0v) is 9.06. The van der Waals surface area contributed by atoms with Crippen molar-refractivity contribution in [2.24, 2.45) is 0 Å². The van der Waals surface area contributed by atoms with Crippen LogP contribution in [0, 0.1) is 6.92 Å². The van der Waals surface area contributed by atoms with Crippen molar-refractivity contribution < 1.29 is 0 Å². The van der Waals surface area contributed by atoms with Crippen LogP contribution >= 0.6 is 11.6 Å². The number of benzene rings is 1. The maximum Gasteiger partial charge on any atom is 0.0513 e. The quantitative estimate of drug-likeness (QED) is 0.647. The first-order chi connectivity index (χ1) is 6.72. The van der Waals surface area contributed by atoms with Gasteiger partial charge in [0.05, 0.1) is 5.03 Å². The lowest BCUT2D eigenvalue weighted by Crippen LogP contribution is -2.01. The maximum atomic E-state index is 6.27. The number of hydrogen-bond acceptors (Lipinski definition) is 0. The van der Waals surface area contributed by atoms with Gasteiger partial charge in [0, 0.05) is 0 Å². The van der Waals surface area contributed by atoms with Crippen LogP contribution in [0.15, 0.2) is 36.4 Å². The fraction of sp³-hybridized carbons (Fsp3) is 0.231. The summed E-state index contributed by atoms with van der Waals surface area (Å²) >= 11 is 6.27. The van der Waals surface area contributed by atoms with Crippen LogP contribution in [0.4, 0.5) is 0 Å². The molecule has 0 bridgehead atoms. The lowest BCUT2D eigenvalue weighted by molar-refractivity contribution is 0.945. The van der Waals surface area contributed by atoms with Crippen LogP contribution in [-0.2, 0) is 6.42 Å². The normalized spacial score (nSPS) is 15.3. The first-order valence-corrected chi connectivity index (χ1v) is 5.21. The van der Waals surface area contributed by atoms with E-state index in [1.165, 1.54) is 22.3 Å². The molecule has 0 heterocycles. The van der Waals surface area contributed by atoms with E-state index in [4.69, 9.17) is 11.6 Å². The molecule has 72 valence electrons. The highest BCUT2D eigenvalue weighted by atomic mass is 35.5. The molecule has 0 spiro atoms. The molecule has 0 fully saturated rings. The summed E-state index contributed by atoms with van der Waals surface area (Å²) in [5.41, 5.74) is 5.01. The summed E-state index contributed by atoms with van der Waals surface area (Å²) in [6.07, 6.45) is 3.96. The smallest absolute Gasteiger partial charge is 0.0513 e. The molecule has 0 saturated heterocycles. The highest BCUT2D eigenvalue weighted by molar-refractivity contribution is 6.49. The molecule has 0 aliphatic heterocycles. The Bertz CT molecular complexity index is 413. The van der Waals surface area contributed by atoms with Crippen LogP contribution in [0.5, 0.6) is 0 Å². The summed E-state index contributed by atoms with van der Waals surface area (Å²) in [6, 6.07) is 6.43. The molecule has 0 saturated carbocycles. The van der Waals surface area contributed by atoms with E-state index in [1.807, 2.05) is 6.08 Å². The standard InChI is InChI=1S/C13H13Cl/c1-3-10-5-6-11-8-9(2)4-7-12(11)13(10)14/h3-4,7-8H,1,5-6H2,2H3. The Morgan fingerprint density at radius 2 is 2.14 bits per heavy atom. The summed E-state index contributed by atoms with van der Waals surface area (Å²) in [4.78, 5) is 0. The van der Waals surface area contributed by atoms with Crippen LogP contribution in [0.1, 0.15) is 23.1 Å². The average Bonchev–Trinajstić information content (AvgIpc) is 2.18. The summed E-state index contributed by atoms with van der Waals surface area (Å²) in [5.74, 6) is 0. The van der Waals surface area contributed by atoms with Crippen molar-refractivity contribution >= 4 is 16.6 Å². The number of allylic oxidation sites excluding steroid dienone is 2. The number of aryl methyl sites for hydroxylation is 2. The first kappa shape index (κ1) is 9.54. The molecule has 1 aliphatic rings. The van der Waals surface area contributed by atoms with Gasteiger partial charge < -0.3 is 0 Å². The van der Waals surface area contributed by atoms with Gasteiger partial charge in [-0.25, -0.2) is 0 Å². The number of halogens is 1. The van der Waals surface area contributed by atoms with Crippen molar-refractivity contribution in [3.05, 3.63) is 53.1 Å². The molecule has 0 aromatic heterocycles. The van der Waals surface area contributed by atoms with Crippen molar-refractivity contribution in [1.29, 1.82) is 0 Å². The summed E-state index contributed by atoms with van der Waals surface area (Å²) < 4.78 is 0. The molecule has 0 radical (unpaired) electrons. The largest absolute Gasteiger partial charge is 0.0987 e. The lowest BCUT2D eigenvalue weighted by atomic mass is 9.91. The minimum atomic E-state index is 0.876. The van der Waals surface area contributed by atoms with Crippen molar-refractivity contribution in [2.75, 3.05) is 0 Å². The van der Waals surface area contributed by atoms with Gasteiger partial charge in [0.15, 0.2) is 0 Å². The van der Waals surface area contributed by atoms with Crippen molar-refractivity contribution in [2.45, 2.75) is 19.8 Å². The van der Waals surface area contributed by atoms with E-state index in [9.17, 15) is 0 Å². The van der Waals surface area contributed by atoms with Crippen LogP contribution in [0.2, 0.25) is 0 Å². The lowest BCUT2D eigenvalue weighted by Gasteiger charge is -2.18. The Hall–Kier alpha value is -1.01. The molecule has 0 nitrogen and oxygen atoms in total. The second-order valence-electron chi connectivity index (χ2n) is 3.70. The molecule has 1 aromatic rings. The summed E-state index contributed by atoms with van der Waals surface area (Å²) in [6.45, 7) is 5.89. The van der Waals surface area contributed by atoms with Gasteiger partial charge in [0.25, 0.3) is 0 Å². The molecule has 0 atom stereocenters. The van der Waals surface area contributed by atoms with Crippen molar-refractivity contribution in [1.82, 2.24) is 0 Å². The molecule has 14 heavy (non-hydrogen) atoms. The molecule has 0 N–H and O–H groups in total. The number of fused-ring (bicyclic) bond motifs is 1. The highest BCUT2D eigenvalue weighted by Crippen LogP contribution is 2.34. The topological polar surface area (TPSA) is 0 Å². The Morgan fingerprint density at radius 3 is 2.86 bits per heavy atom. The molecule has 1 aliphatic carbocycles. The minimum Gasteiger partial charge on any atom is -0.0987 e. The van der Waals surface area contributed by atoms with Gasteiger partial charge in [0.1, 0.15) is 0 Å². The van der Waals surface area contributed by atoms with Crippen LogP contribution in [0.3, 0.4) is 0 Å². The van der Waals surface area contributed by atoms with E-state index in [0.29, 0.717) is 0 Å². The fourth-order valence-electron chi connectivity index (χ4n) is 1.89. The Morgan fingerprint density at radius 1 is 1.36 bits per heavy atom. The van der Waals surface area contributed by atoms with Gasteiger partial charge in [-0.1, -0.05) is 48.0 Å². The van der Waals surface area contributed by atoms with Crippen LogP contribution in [0.25, 0.3) is 5.03 Å². The van der Waals surface area contributed by atoms with Gasteiger partial charge >= 0.3 is 0 Å². The van der Waals surface area contributed by atoms with Crippen molar-refractivity contribution in [3.63, 3.8) is 0 Å². The average molecular weight is 205 g/mol. The monoisotopic (exact) mass is 204 g/mol. The second-order valence-corrected chi connectivity index (χ2v) is 4.08. The highest BCUT2D eigenvalue weighted by Gasteiger charge is 2.15. The number of rotatable bonds is 1. The molecule has 0 unspecified atom stereocenters. The molecule has 1 heteroatoms. The Kier molecular flexibility index (Phi) is 2.47. The Labute approximate surface area is 89.9 Å². The van der Waals surface area contributed by atoms with E-state index < -0.39 is 0 Å². The number of hydrogen-bond donors (Lipinski definition) is 0. The third kappa shape index (κ3) is 1.51. The van der Waals surface area contributed by atoms with E-state index in [-0.39, 0.29) is 0 Å². The van der Waals surface area contributed by atoms with E-state index in [2.05, 4.69) is 31.7 Å². The predicted molar refractivity (Wildman–Crippen MR) is 62.5 cm³/mol. The summed E-state index contributed by atoms with van der Waals surface area (Å²) in [7, 11) is 0. The van der Waals surface area contributed by atoms with Crippen molar-refractivity contribution in [3.8, 4) is 0 Å². The van der Waals surface area contributed by atoms with Gasteiger partial charge in [-0.2, -0.15) is 0 Å². The molecule has 0 amide bonds. The molecular formula is C13H13Cl. The van der Waals surface area contributed by atoms with Gasteiger partial charge in [0.2, 0.25) is 0 Å². The molecular weight excluding hydrogens is 192 g/mol. The second kappa shape index (κ2) is 3.62. The molecule has 2 rings (SSSR count). The van der Waals surface area contributed by atoms with Gasteiger partial charge in [-0.05, 0) is 36.5 Å². The van der Waals surface area contributed by atoms with Crippen LogP contribution in [-0.4, -0.2) is 0 Å². The molecule has 1 aromatic carbocycles. The zero-order valence-electron chi connectivity index (χ0n) is 8.31. The third-order valence-electron chi connectivity index (χ3n) is 2.69. The van der Waals surface area contributed by atoms with E-state index >= 15 is 0 Å². The van der Waals surface area contributed by atoms with Gasteiger partial charge in [-0.15, -0.1) is 0 Å². The third-order valence-corrected chi connectivity index (χ3v) is 3.14. The van der Waals surface area contributed by atoms with Gasteiger partial charge in [-0.3, -0.25) is 0 Å². The Balaban J connectivity index is 2.58. The van der Waals surface area contributed by atoms with E-state index in [1.54, 1.807) is 0 Å². The fourth-order valence-corrected chi connectivity index (χ4v) is 2.24. The summed E-state index contributed by atoms with van der Waals surface area (Å²) in [5, 5.41) is 0.876. The maximum absolute atomic E-state index is 6.27. The van der Waals surface area contributed by atoms with E-state index in [0.717, 1.165) is 17.9 Å². The van der Waals surface area contributed by atoms with Crippen LogP contribution < -0.4 is 0 Å². The SMILES string of the molecule is C=CC1=C(Cl)c2ccc(C)cc2CC1. The minimum absolute atomic E-state index is 0.876. The first-order valence-electron chi connectivity index (χ1n) is 4.83. The zero-order chi connectivity index (χ0) is 10.1.